The Bertz CT molecular complexity index is 691. The third-order valence-corrected chi connectivity index (χ3v) is 2.41. The minimum Gasteiger partial charge on any atom is -0.316 e. The number of nitrogens with one attached hydrogen (secondary N) is 1. The summed E-state index contributed by atoms with van der Waals surface area (Å²) < 4.78 is 26.2. The monoisotopic (exact) mass is 279 g/mol. The quantitative estimate of drug-likeness (QED) is 0.531. The second-order valence-corrected chi connectivity index (χ2v) is 3.71. The maximum atomic E-state index is 13.3. The van der Waals surface area contributed by atoms with Gasteiger partial charge in [-0.3, -0.25) is 14.9 Å². The average molecular weight is 279 g/mol. The van der Waals surface area contributed by atoms with Crippen LogP contribution in [0.5, 0.6) is 0 Å². The zero-order valence-corrected chi connectivity index (χ0v) is 9.84. The van der Waals surface area contributed by atoms with E-state index in [-0.39, 0.29) is 11.3 Å². The lowest BCUT2D eigenvalue weighted by Gasteiger charge is -2.06. The molecule has 8 heteroatoms. The highest BCUT2D eigenvalue weighted by atomic mass is 19.1. The molecule has 0 saturated carbocycles. The fraction of sp³-hybridized carbons (Fsp3) is 0. The molecule has 0 aliphatic carbocycles. The first kappa shape index (κ1) is 13.5. The number of nitro groups is 1. The van der Waals surface area contributed by atoms with Crippen molar-refractivity contribution in [3.8, 4) is 0 Å². The SMILES string of the molecule is O=C(Nc1ccc(F)cc1[N+](=O)[O-])c1cccnc1F. The Kier molecular flexibility index (Phi) is 3.65. The van der Waals surface area contributed by atoms with Crippen molar-refractivity contribution in [2.24, 2.45) is 0 Å². The molecule has 0 unspecified atom stereocenters. The molecular weight excluding hydrogens is 272 g/mol. The van der Waals surface area contributed by atoms with E-state index in [9.17, 15) is 23.7 Å². The Balaban J connectivity index is 2.33. The molecule has 0 bridgehead atoms. The summed E-state index contributed by atoms with van der Waals surface area (Å²) in [5.74, 6) is -2.73. The molecule has 2 aromatic rings. The number of aromatic nitrogens is 1. The number of pyridine rings is 1. The van der Waals surface area contributed by atoms with Gasteiger partial charge in [-0.25, -0.2) is 9.37 Å². The fourth-order valence-corrected chi connectivity index (χ4v) is 1.51. The van der Waals surface area contributed by atoms with E-state index >= 15 is 0 Å². The van der Waals surface area contributed by atoms with Crippen LogP contribution >= 0.6 is 0 Å². The van der Waals surface area contributed by atoms with Crippen LogP contribution in [-0.2, 0) is 0 Å². The Labute approximate surface area is 111 Å². The highest BCUT2D eigenvalue weighted by molar-refractivity contribution is 6.05. The van der Waals surface area contributed by atoms with Crippen LogP contribution in [0, 0.1) is 21.9 Å². The number of hydrogen-bond donors (Lipinski definition) is 1. The minimum absolute atomic E-state index is 0.232. The molecule has 1 N–H and O–H groups in total. The van der Waals surface area contributed by atoms with Crippen LogP contribution in [0.4, 0.5) is 20.2 Å². The molecule has 0 aliphatic heterocycles. The summed E-state index contributed by atoms with van der Waals surface area (Å²) in [5.41, 5.74) is -1.22. The van der Waals surface area contributed by atoms with Gasteiger partial charge >= 0.3 is 0 Å². The number of halogens is 2. The predicted octanol–water partition coefficient (Wildman–Crippen LogP) is 2.52. The van der Waals surface area contributed by atoms with Gasteiger partial charge in [-0.15, -0.1) is 0 Å². The summed E-state index contributed by atoms with van der Waals surface area (Å²) in [6.07, 6.45) is 1.16. The van der Waals surface area contributed by atoms with Gasteiger partial charge in [0, 0.05) is 6.20 Å². The summed E-state index contributed by atoms with van der Waals surface area (Å²) in [7, 11) is 0. The zero-order chi connectivity index (χ0) is 14.7. The van der Waals surface area contributed by atoms with Crippen LogP contribution in [-0.4, -0.2) is 15.8 Å². The van der Waals surface area contributed by atoms with E-state index in [1.807, 2.05) is 0 Å². The molecule has 0 fully saturated rings. The Hall–Kier alpha value is -2.90. The van der Waals surface area contributed by atoms with Crippen molar-refractivity contribution in [3.63, 3.8) is 0 Å². The number of benzene rings is 1. The first-order chi connectivity index (χ1) is 9.49. The first-order valence-electron chi connectivity index (χ1n) is 5.35. The molecular formula is C12H7F2N3O3. The van der Waals surface area contributed by atoms with Crippen molar-refractivity contribution in [1.29, 1.82) is 0 Å². The van der Waals surface area contributed by atoms with Crippen molar-refractivity contribution in [2.75, 3.05) is 5.32 Å². The van der Waals surface area contributed by atoms with Crippen molar-refractivity contribution < 1.29 is 18.5 Å². The third kappa shape index (κ3) is 2.74. The molecule has 0 radical (unpaired) electrons. The van der Waals surface area contributed by atoms with Crippen LogP contribution in [0.3, 0.4) is 0 Å². The molecule has 0 atom stereocenters. The first-order valence-corrected chi connectivity index (χ1v) is 5.35. The fourth-order valence-electron chi connectivity index (χ4n) is 1.51. The number of amides is 1. The average Bonchev–Trinajstić information content (AvgIpc) is 2.41. The number of rotatable bonds is 3. The Morgan fingerprint density at radius 1 is 1.30 bits per heavy atom. The minimum atomic E-state index is -1.00. The van der Waals surface area contributed by atoms with Crippen LogP contribution in [0.1, 0.15) is 10.4 Å². The molecule has 102 valence electrons. The van der Waals surface area contributed by atoms with Crippen LogP contribution in [0.25, 0.3) is 0 Å². The maximum absolute atomic E-state index is 13.3. The van der Waals surface area contributed by atoms with Gasteiger partial charge in [-0.05, 0) is 24.3 Å². The maximum Gasteiger partial charge on any atom is 0.295 e. The van der Waals surface area contributed by atoms with Crippen LogP contribution in [0.15, 0.2) is 36.5 Å². The van der Waals surface area contributed by atoms with Gasteiger partial charge in [0.05, 0.1) is 16.6 Å². The molecule has 1 aromatic carbocycles. The van der Waals surface area contributed by atoms with E-state index in [0.717, 1.165) is 18.3 Å². The summed E-state index contributed by atoms with van der Waals surface area (Å²) in [6, 6.07) is 5.15. The largest absolute Gasteiger partial charge is 0.316 e. The molecule has 0 aliphatic rings. The summed E-state index contributed by atoms with van der Waals surface area (Å²) >= 11 is 0. The van der Waals surface area contributed by atoms with E-state index in [0.29, 0.717) is 6.07 Å². The van der Waals surface area contributed by atoms with Crippen molar-refractivity contribution >= 4 is 17.3 Å². The molecule has 2 rings (SSSR count). The van der Waals surface area contributed by atoms with E-state index in [2.05, 4.69) is 10.3 Å². The predicted molar refractivity (Wildman–Crippen MR) is 65.2 cm³/mol. The van der Waals surface area contributed by atoms with Crippen LogP contribution < -0.4 is 5.32 Å². The van der Waals surface area contributed by atoms with Gasteiger partial charge < -0.3 is 5.32 Å². The lowest BCUT2D eigenvalue weighted by molar-refractivity contribution is -0.384. The normalized spacial score (nSPS) is 10.1. The van der Waals surface area contributed by atoms with Crippen LogP contribution in [0.2, 0.25) is 0 Å². The van der Waals surface area contributed by atoms with E-state index in [1.165, 1.54) is 12.1 Å². The van der Waals surface area contributed by atoms with Gasteiger partial charge in [-0.2, -0.15) is 4.39 Å². The molecule has 20 heavy (non-hydrogen) atoms. The highest BCUT2D eigenvalue weighted by Crippen LogP contribution is 2.25. The standard InChI is InChI=1S/C12H7F2N3O3/c13-7-3-4-9(10(6-7)17(19)20)16-12(18)8-2-1-5-15-11(8)14/h1-6H,(H,16,18). The van der Waals surface area contributed by atoms with Gasteiger partial charge in [0.15, 0.2) is 0 Å². The number of carbonyl (C=O) groups is 1. The Morgan fingerprint density at radius 2 is 2.05 bits per heavy atom. The van der Waals surface area contributed by atoms with Gasteiger partial charge in [0.25, 0.3) is 11.6 Å². The molecule has 0 spiro atoms. The van der Waals surface area contributed by atoms with E-state index < -0.39 is 28.3 Å². The third-order valence-electron chi connectivity index (χ3n) is 2.41. The van der Waals surface area contributed by atoms with Crippen molar-refractivity contribution in [1.82, 2.24) is 4.98 Å². The van der Waals surface area contributed by atoms with Gasteiger partial charge in [0.2, 0.25) is 5.95 Å². The highest BCUT2D eigenvalue weighted by Gasteiger charge is 2.19. The number of nitrogens with zero attached hydrogens (tertiary/aromatic N) is 2. The zero-order valence-electron chi connectivity index (χ0n) is 9.84. The second kappa shape index (κ2) is 5.39. The second-order valence-electron chi connectivity index (χ2n) is 3.71. The number of nitro benzene ring substituents is 1. The molecule has 1 amide bonds. The van der Waals surface area contributed by atoms with Gasteiger partial charge in [0.1, 0.15) is 11.5 Å². The lowest BCUT2D eigenvalue weighted by Crippen LogP contribution is -2.15. The molecule has 1 aromatic heterocycles. The topological polar surface area (TPSA) is 85.1 Å². The van der Waals surface area contributed by atoms with E-state index in [4.69, 9.17) is 0 Å². The van der Waals surface area contributed by atoms with E-state index in [1.54, 1.807) is 0 Å². The number of carbonyl (C=O) groups excluding carboxylic acids is 1. The lowest BCUT2D eigenvalue weighted by atomic mass is 10.2. The number of anilines is 1. The van der Waals surface area contributed by atoms with Crippen molar-refractivity contribution in [2.45, 2.75) is 0 Å². The molecule has 0 saturated heterocycles. The summed E-state index contributed by atoms with van der Waals surface area (Å²) in [4.78, 5) is 25.0. The number of hydrogen-bond acceptors (Lipinski definition) is 4. The Morgan fingerprint density at radius 3 is 2.70 bits per heavy atom. The summed E-state index contributed by atoms with van der Waals surface area (Å²) in [5, 5.41) is 12.9. The molecule has 6 nitrogen and oxygen atoms in total. The smallest absolute Gasteiger partial charge is 0.295 e. The van der Waals surface area contributed by atoms with Gasteiger partial charge in [-0.1, -0.05) is 0 Å². The summed E-state index contributed by atoms with van der Waals surface area (Å²) in [6.45, 7) is 0. The molecule has 1 heterocycles. The van der Waals surface area contributed by atoms with Crippen molar-refractivity contribution in [3.05, 3.63) is 64.0 Å².